The molecule has 2 fully saturated rings. The topological polar surface area (TPSA) is 35.6 Å². The summed E-state index contributed by atoms with van der Waals surface area (Å²) in [5.74, 6) is 0.349. The highest BCUT2D eigenvalue weighted by Gasteiger charge is 2.29. The third-order valence-corrected chi connectivity index (χ3v) is 4.99. The Morgan fingerprint density at radius 3 is 2.40 bits per heavy atom. The molecule has 0 radical (unpaired) electrons. The molecule has 0 aromatic rings. The van der Waals surface area contributed by atoms with Gasteiger partial charge in [-0.25, -0.2) is 0 Å². The van der Waals surface area contributed by atoms with Crippen LogP contribution >= 0.6 is 0 Å². The molecule has 0 aliphatic carbocycles. The fraction of sp³-hybridized carbons (Fsp3) is 0.938. The van der Waals surface area contributed by atoms with Gasteiger partial charge in [-0.3, -0.25) is 9.69 Å². The van der Waals surface area contributed by atoms with Gasteiger partial charge in [-0.15, -0.1) is 0 Å². The van der Waals surface area contributed by atoms with E-state index in [9.17, 15) is 4.79 Å². The highest BCUT2D eigenvalue weighted by Crippen LogP contribution is 2.20. The van der Waals surface area contributed by atoms with E-state index < -0.39 is 0 Å². The minimum Gasteiger partial charge on any atom is -0.342 e. The van der Waals surface area contributed by atoms with Gasteiger partial charge in [0, 0.05) is 25.2 Å². The average Bonchev–Trinajstić information content (AvgIpc) is 2.76. The van der Waals surface area contributed by atoms with E-state index in [-0.39, 0.29) is 0 Å². The average molecular weight is 281 g/mol. The Morgan fingerprint density at radius 2 is 1.75 bits per heavy atom. The molecule has 2 unspecified atom stereocenters. The Morgan fingerprint density at radius 1 is 1.10 bits per heavy atom. The summed E-state index contributed by atoms with van der Waals surface area (Å²) in [7, 11) is 2.02. The fourth-order valence-electron chi connectivity index (χ4n) is 3.57. The van der Waals surface area contributed by atoms with Gasteiger partial charge in [-0.1, -0.05) is 19.3 Å². The number of carbonyl (C=O) groups excluding carboxylic acids is 1. The second-order valence-corrected chi connectivity index (χ2v) is 6.41. The molecule has 2 aliphatic rings. The Labute approximate surface area is 123 Å². The minimum absolute atomic E-state index is 0.349. The van der Waals surface area contributed by atoms with Gasteiger partial charge in [0.2, 0.25) is 5.91 Å². The van der Waals surface area contributed by atoms with E-state index in [1.807, 2.05) is 7.05 Å². The Balaban J connectivity index is 1.90. The van der Waals surface area contributed by atoms with Gasteiger partial charge >= 0.3 is 0 Å². The zero-order valence-electron chi connectivity index (χ0n) is 13.2. The second kappa shape index (κ2) is 7.99. The Kier molecular flexibility index (Phi) is 6.30. The predicted molar refractivity (Wildman–Crippen MR) is 82.8 cm³/mol. The van der Waals surface area contributed by atoms with Crippen molar-refractivity contribution in [1.82, 2.24) is 15.1 Å². The number of rotatable bonds is 4. The zero-order chi connectivity index (χ0) is 14.4. The molecule has 1 amide bonds. The fourth-order valence-corrected chi connectivity index (χ4v) is 3.57. The van der Waals surface area contributed by atoms with E-state index in [4.69, 9.17) is 0 Å². The number of likely N-dealkylation sites (tertiary alicyclic amines) is 2. The van der Waals surface area contributed by atoms with Crippen LogP contribution in [0.2, 0.25) is 0 Å². The summed E-state index contributed by atoms with van der Waals surface area (Å²) in [4.78, 5) is 17.1. The van der Waals surface area contributed by atoms with Crippen molar-refractivity contribution in [1.29, 1.82) is 0 Å². The van der Waals surface area contributed by atoms with Crippen molar-refractivity contribution in [2.45, 2.75) is 64.0 Å². The number of hydrogen-bond donors (Lipinski definition) is 1. The van der Waals surface area contributed by atoms with Crippen LogP contribution in [0.15, 0.2) is 0 Å². The standard InChI is InChI=1S/C16H31N3O/c1-14(17-2)15-9-5-8-12-19(15)13-16(20)18-10-6-3-4-7-11-18/h14-15,17H,3-13H2,1-2H3. The van der Waals surface area contributed by atoms with E-state index in [0.29, 0.717) is 24.5 Å². The molecule has 1 N–H and O–H groups in total. The van der Waals surface area contributed by atoms with Crippen LogP contribution in [0, 0.1) is 0 Å². The number of piperidine rings is 1. The lowest BCUT2D eigenvalue weighted by Crippen LogP contribution is -2.53. The van der Waals surface area contributed by atoms with Crippen molar-refractivity contribution in [2.24, 2.45) is 0 Å². The van der Waals surface area contributed by atoms with E-state index in [1.165, 1.54) is 44.9 Å². The van der Waals surface area contributed by atoms with E-state index in [2.05, 4.69) is 22.0 Å². The zero-order valence-corrected chi connectivity index (χ0v) is 13.2. The molecule has 0 aromatic carbocycles. The summed E-state index contributed by atoms with van der Waals surface area (Å²) >= 11 is 0. The summed E-state index contributed by atoms with van der Waals surface area (Å²) in [6.07, 6.45) is 8.69. The molecule has 2 atom stereocenters. The van der Waals surface area contributed by atoms with Gasteiger partial charge in [-0.2, -0.15) is 0 Å². The number of amides is 1. The molecule has 2 saturated heterocycles. The van der Waals surface area contributed by atoms with Crippen LogP contribution in [0.4, 0.5) is 0 Å². The monoisotopic (exact) mass is 281 g/mol. The molecule has 0 bridgehead atoms. The first kappa shape index (κ1) is 15.8. The van der Waals surface area contributed by atoms with Crippen LogP contribution < -0.4 is 5.32 Å². The third-order valence-electron chi connectivity index (χ3n) is 4.99. The van der Waals surface area contributed by atoms with E-state index >= 15 is 0 Å². The van der Waals surface area contributed by atoms with Gasteiger partial charge in [0.1, 0.15) is 0 Å². The number of nitrogens with zero attached hydrogens (tertiary/aromatic N) is 2. The maximum absolute atomic E-state index is 12.5. The molecule has 0 saturated carbocycles. The SMILES string of the molecule is CNC(C)C1CCCCN1CC(=O)N1CCCCCC1. The third kappa shape index (κ3) is 4.19. The maximum atomic E-state index is 12.5. The van der Waals surface area contributed by atoms with Crippen molar-refractivity contribution >= 4 is 5.91 Å². The van der Waals surface area contributed by atoms with Crippen LogP contribution in [0.25, 0.3) is 0 Å². The normalized spacial score (nSPS) is 27.1. The van der Waals surface area contributed by atoms with Crippen molar-refractivity contribution in [3.05, 3.63) is 0 Å². The summed E-state index contributed by atoms with van der Waals surface area (Å²) in [5, 5.41) is 3.36. The molecule has 4 heteroatoms. The van der Waals surface area contributed by atoms with Crippen LogP contribution in [0.5, 0.6) is 0 Å². The highest BCUT2D eigenvalue weighted by atomic mass is 16.2. The van der Waals surface area contributed by atoms with E-state index in [1.54, 1.807) is 0 Å². The molecule has 2 heterocycles. The lowest BCUT2D eigenvalue weighted by Gasteiger charge is -2.39. The van der Waals surface area contributed by atoms with Gasteiger partial charge in [-0.05, 0) is 46.2 Å². The summed E-state index contributed by atoms with van der Waals surface area (Å²) in [5.41, 5.74) is 0. The first-order valence-electron chi connectivity index (χ1n) is 8.41. The number of likely N-dealkylation sites (N-methyl/N-ethyl adjacent to an activating group) is 1. The second-order valence-electron chi connectivity index (χ2n) is 6.41. The first-order chi connectivity index (χ1) is 9.72. The van der Waals surface area contributed by atoms with Gasteiger partial charge < -0.3 is 10.2 Å². The molecule has 116 valence electrons. The van der Waals surface area contributed by atoms with E-state index in [0.717, 1.165) is 19.6 Å². The van der Waals surface area contributed by atoms with Crippen LogP contribution in [0.3, 0.4) is 0 Å². The van der Waals surface area contributed by atoms with Crippen molar-refractivity contribution < 1.29 is 4.79 Å². The quantitative estimate of drug-likeness (QED) is 0.854. The maximum Gasteiger partial charge on any atom is 0.236 e. The molecular weight excluding hydrogens is 250 g/mol. The highest BCUT2D eigenvalue weighted by molar-refractivity contribution is 5.78. The Hall–Kier alpha value is -0.610. The number of carbonyl (C=O) groups is 1. The van der Waals surface area contributed by atoms with Crippen molar-refractivity contribution in [3.63, 3.8) is 0 Å². The summed E-state index contributed by atoms with van der Waals surface area (Å²) < 4.78 is 0. The smallest absolute Gasteiger partial charge is 0.236 e. The van der Waals surface area contributed by atoms with Crippen LogP contribution in [0.1, 0.15) is 51.9 Å². The minimum atomic E-state index is 0.349. The molecule has 0 aromatic heterocycles. The molecular formula is C16H31N3O. The molecule has 4 nitrogen and oxygen atoms in total. The van der Waals surface area contributed by atoms with Gasteiger partial charge in [0.15, 0.2) is 0 Å². The summed E-state index contributed by atoms with van der Waals surface area (Å²) in [6, 6.07) is 0.983. The Bertz CT molecular complexity index is 300. The van der Waals surface area contributed by atoms with Crippen LogP contribution in [-0.4, -0.2) is 61.0 Å². The van der Waals surface area contributed by atoms with Crippen molar-refractivity contribution in [3.8, 4) is 0 Å². The van der Waals surface area contributed by atoms with Crippen LogP contribution in [-0.2, 0) is 4.79 Å². The predicted octanol–water partition coefficient (Wildman–Crippen LogP) is 1.85. The number of hydrogen-bond acceptors (Lipinski definition) is 3. The molecule has 0 spiro atoms. The largest absolute Gasteiger partial charge is 0.342 e. The lowest BCUT2D eigenvalue weighted by molar-refractivity contribution is -0.133. The lowest BCUT2D eigenvalue weighted by atomic mass is 9.96. The van der Waals surface area contributed by atoms with Gasteiger partial charge in [0.05, 0.1) is 6.54 Å². The van der Waals surface area contributed by atoms with Gasteiger partial charge in [0.25, 0.3) is 0 Å². The molecule has 2 aliphatic heterocycles. The molecule has 20 heavy (non-hydrogen) atoms. The first-order valence-corrected chi connectivity index (χ1v) is 8.41. The number of nitrogens with one attached hydrogen (secondary N) is 1. The molecule has 2 rings (SSSR count). The van der Waals surface area contributed by atoms with Crippen molar-refractivity contribution in [2.75, 3.05) is 33.2 Å². The summed E-state index contributed by atoms with van der Waals surface area (Å²) in [6.45, 7) is 5.88.